The number of hydrogen-bond acceptors (Lipinski definition) is 9. The molecule has 190 valence electrons. The van der Waals surface area contributed by atoms with Crippen LogP contribution in [0.25, 0.3) is 11.4 Å². The predicted octanol–water partition coefficient (Wildman–Crippen LogP) is 2.45. The van der Waals surface area contributed by atoms with E-state index in [-0.39, 0.29) is 23.0 Å². The maximum atomic E-state index is 13.3. The van der Waals surface area contributed by atoms with Crippen LogP contribution in [0.1, 0.15) is 54.9 Å². The standard InChI is InChI=1S/C23H27F2N9O2/c1-12(16-10-17(36-4)28-21(27-16)18(24)25)22(35)34-8-7-23(11-34)6-5-14-9-15(13(2)26-19(14)29-23)20-30-32-33(3)31-20/h9-10,12,18H,5-8,11H2,1-4H3,(H,26,29)/t12?,23-/m0/s1. The Bertz CT molecular complexity index is 1310. The molecule has 0 radical (unpaired) electrons. The third kappa shape index (κ3) is 4.33. The number of pyridine rings is 1. The summed E-state index contributed by atoms with van der Waals surface area (Å²) in [7, 11) is 3.06. The first-order chi connectivity index (χ1) is 17.2. The first-order valence-corrected chi connectivity index (χ1v) is 11.7. The van der Waals surface area contributed by atoms with E-state index in [0.717, 1.165) is 41.9 Å². The number of carbonyl (C=O) groups excluding carboxylic acids is 1. The van der Waals surface area contributed by atoms with E-state index in [0.29, 0.717) is 18.9 Å². The minimum Gasteiger partial charge on any atom is -0.481 e. The smallest absolute Gasteiger partial charge is 0.297 e. The summed E-state index contributed by atoms with van der Waals surface area (Å²) in [5, 5.41) is 15.9. The SMILES string of the molecule is COc1cc(C(C)C(=O)N2CC[C@@]3(CCc4cc(-c5nnn(C)n5)c(C)nc4N3)C2)nc(C(F)F)n1. The number of ether oxygens (including phenoxy) is 1. The van der Waals surface area contributed by atoms with Crippen molar-refractivity contribution in [2.45, 2.75) is 51.0 Å². The Morgan fingerprint density at radius 2 is 2.03 bits per heavy atom. The number of carbonyl (C=O) groups is 1. The van der Waals surface area contributed by atoms with Crippen molar-refractivity contribution in [3.8, 4) is 17.3 Å². The highest BCUT2D eigenvalue weighted by Crippen LogP contribution is 2.38. The fraction of sp³-hybridized carbons (Fsp3) is 0.522. The molecule has 0 aliphatic carbocycles. The van der Waals surface area contributed by atoms with Gasteiger partial charge in [-0.05, 0) is 50.0 Å². The number of methoxy groups -OCH3 is 1. The number of fused-ring (bicyclic) bond motifs is 1. The van der Waals surface area contributed by atoms with E-state index in [1.165, 1.54) is 18.0 Å². The van der Waals surface area contributed by atoms with Crippen LogP contribution in [-0.2, 0) is 18.3 Å². The number of alkyl halides is 2. The molecule has 36 heavy (non-hydrogen) atoms. The molecule has 2 aliphatic heterocycles. The number of aromatic nitrogens is 7. The van der Waals surface area contributed by atoms with Gasteiger partial charge in [0.25, 0.3) is 6.43 Å². The van der Waals surface area contributed by atoms with Crippen LogP contribution in [0.15, 0.2) is 12.1 Å². The Kier molecular flexibility index (Phi) is 6.00. The lowest BCUT2D eigenvalue weighted by Crippen LogP contribution is -2.46. The molecule has 0 saturated carbocycles. The highest BCUT2D eigenvalue weighted by atomic mass is 19.3. The average Bonchev–Trinajstić information content (AvgIpc) is 3.48. The molecule has 2 atom stereocenters. The maximum absolute atomic E-state index is 13.3. The van der Waals surface area contributed by atoms with E-state index in [1.54, 1.807) is 18.9 Å². The lowest BCUT2D eigenvalue weighted by Gasteiger charge is -2.36. The van der Waals surface area contributed by atoms with E-state index in [4.69, 9.17) is 9.72 Å². The first kappa shape index (κ1) is 23.9. The Morgan fingerprint density at radius 3 is 2.72 bits per heavy atom. The molecule has 2 aliphatic rings. The van der Waals surface area contributed by atoms with Gasteiger partial charge in [0.2, 0.25) is 17.6 Å². The van der Waals surface area contributed by atoms with E-state index >= 15 is 0 Å². The van der Waals surface area contributed by atoms with Crippen molar-refractivity contribution in [2.24, 2.45) is 7.05 Å². The van der Waals surface area contributed by atoms with Crippen molar-refractivity contribution in [1.82, 2.24) is 40.1 Å². The summed E-state index contributed by atoms with van der Waals surface area (Å²) in [6.45, 7) is 4.62. The van der Waals surface area contributed by atoms with Gasteiger partial charge < -0.3 is 15.0 Å². The molecule has 1 saturated heterocycles. The van der Waals surface area contributed by atoms with E-state index < -0.39 is 18.2 Å². The highest BCUT2D eigenvalue weighted by Gasteiger charge is 2.43. The second kappa shape index (κ2) is 9.03. The normalized spacial score (nSPS) is 19.9. The minimum absolute atomic E-state index is 0.0101. The number of hydrogen-bond donors (Lipinski definition) is 1. The summed E-state index contributed by atoms with van der Waals surface area (Å²) in [5.41, 5.74) is 2.62. The molecule has 1 spiro atoms. The second-order valence-corrected chi connectivity index (χ2v) is 9.36. The molecule has 1 unspecified atom stereocenters. The van der Waals surface area contributed by atoms with Crippen LogP contribution in [0.3, 0.4) is 0 Å². The molecule has 1 amide bonds. The number of halogens is 2. The van der Waals surface area contributed by atoms with Gasteiger partial charge in [-0.1, -0.05) is 0 Å². The zero-order chi connectivity index (χ0) is 25.6. The Labute approximate surface area is 206 Å². The maximum Gasteiger partial charge on any atom is 0.297 e. The third-order valence-electron chi connectivity index (χ3n) is 6.92. The highest BCUT2D eigenvalue weighted by molar-refractivity contribution is 5.83. The Balaban J connectivity index is 1.33. The molecule has 13 heteroatoms. The molecule has 1 fully saturated rings. The number of amides is 1. The van der Waals surface area contributed by atoms with Crippen LogP contribution >= 0.6 is 0 Å². The van der Waals surface area contributed by atoms with Crippen LogP contribution in [0.2, 0.25) is 0 Å². The second-order valence-electron chi connectivity index (χ2n) is 9.36. The molecular formula is C23H27F2N9O2. The summed E-state index contributed by atoms with van der Waals surface area (Å²) < 4.78 is 31.5. The molecule has 11 nitrogen and oxygen atoms in total. The van der Waals surface area contributed by atoms with Crippen LogP contribution in [0.5, 0.6) is 5.88 Å². The number of rotatable bonds is 5. The van der Waals surface area contributed by atoms with Crippen molar-refractivity contribution in [2.75, 3.05) is 25.5 Å². The topological polar surface area (TPSA) is 124 Å². The zero-order valence-corrected chi connectivity index (χ0v) is 20.5. The van der Waals surface area contributed by atoms with E-state index in [9.17, 15) is 13.6 Å². The van der Waals surface area contributed by atoms with Gasteiger partial charge in [0.15, 0.2) is 5.82 Å². The zero-order valence-electron chi connectivity index (χ0n) is 20.5. The number of likely N-dealkylation sites (tertiary alicyclic amines) is 1. The van der Waals surface area contributed by atoms with Crippen LogP contribution in [0.4, 0.5) is 14.6 Å². The molecule has 5 rings (SSSR count). The van der Waals surface area contributed by atoms with Gasteiger partial charge in [-0.2, -0.15) is 9.78 Å². The summed E-state index contributed by atoms with van der Waals surface area (Å²) in [4.78, 5) is 28.9. The summed E-state index contributed by atoms with van der Waals surface area (Å²) >= 11 is 0. The van der Waals surface area contributed by atoms with Gasteiger partial charge >= 0.3 is 0 Å². The predicted molar refractivity (Wildman–Crippen MR) is 125 cm³/mol. The number of anilines is 1. The number of aryl methyl sites for hydroxylation is 3. The molecule has 5 heterocycles. The van der Waals surface area contributed by atoms with Crippen molar-refractivity contribution in [3.63, 3.8) is 0 Å². The quantitative estimate of drug-likeness (QED) is 0.564. The fourth-order valence-electron chi connectivity index (χ4n) is 4.90. The van der Waals surface area contributed by atoms with Crippen molar-refractivity contribution < 1.29 is 18.3 Å². The van der Waals surface area contributed by atoms with Crippen molar-refractivity contribution in [1.29, 1.82) is 0 Å². The van der Waals surface area contributed by atoms with Crippen LogP contribution in [-0.4, -0.2) is 71.7 Å². The molecule has 3 aromatic rings. The van der Waals surface area contributed by atoms with E-state index in [1.807, 2.05) is 6.92 Å². The van der Waals surface area contributed by atoms with Gasteiger partial charge in [-0.15, -0.1) is 10.2 Å². The van der Waals surface area contributed by atoms with Gasteiger partial charge in [0, 0.05) is 24.7 Å². The van der Waals surface area contributed by atoms with Gasteiger partial charge in [-0.25, -0.2) is 18.7 Å². The first-order valence-electron chi connectivity index (χ1n) is 11.7. The Hall–Kier alpha value is -3.77. The van der Waals surface area contributed by atoms with Crippen molar-refractivity contribution >= 4 is 11.7 Å². The minimum atomic E-state index is -2.86. The van der Waals surface area contributed by atoms with Crippen LogP contribution in [0, 0.1) is 6.92 Å². The summed E-state index contributed by atoms with van der Waals surface area (Å²) in [6.07, 6.45) is -0.480. The van der Waals surface area contributed by atoms with E-state index in [2.05, 4.69) is 36.8 Å². The number of tetrazole rings is 1. The number of nitrogens with one attached hydrogen (secondary N) is 1. The van der Waals surface area contributed by atoms with Crippen LogP contribution < -0.4 is 10.1 Å². The monoisotopic (exact) mass is 499 g/mol. The van der Waals surface area contributed by atoms with Gasteiger partial charge in [0.05, 0.1) is 37.0 Å². The van der Waals surface area contributed by atoms with Gasteiger partial charge in [0.1, 0.15) is 5.82 Å². The summed E-state index contributed by atoms with van der Waals surface area (Å²) in [6, 6.07) is 3.49. The largest absolute Gasteiger partial charge is 0.481 e. The molecule has 1 N–H and O–H groups in total. The summed E-state index contributed by atoms with van der Waals surface area (Å²) in [5.74, 6) is -0.188. The molecular weight excluding hydrogens is 472 g/mol. The fourth-order valence-corrected chi connectivity index (χ4v) is 4.90. The van der Waals surface area contributed by atoms with Crippen molar-refractivity contribution in [3.05, 3.63) is 34.9 Å². The average molecular weight is 500 g/mol. The molecule has 0 aromatic carbocycles. The Morgan fingerprint density at radius 1 is 1.22 bits per heavy atom. The lowest BCUT2D eigenvalue weighted by molar-refractivity contribution is -0.131. The lowest BCUT2D eigenvalue weighted by atomic mass is 9.86. The van der Waals surface area contributed by atoms with Gasteiger partial charge in [-0.3, -0.25) is 4.79 Å². The number of nitrogens with zero attached hydrogens (tertiary/aromatic N) is 8. The third-order valence-corrected chi connectivity index (χ3v) is 6.92. The molecule has 3 aromatic heterocycles. The molecule has 0 bridgehead atoms.